The Kier molecular flexibility index (Phi) is 4.07. The summed E-state index contributed by atoms with van der Waals surface area (Å²) in [6, 6.07) is 27.9. The van der Waals surface area contributed by atoms with Gasteiger partial charge in [0.05, 0.1) is 17.4 Å². The van der Waals surface area contributed by atoms with Crippen LogP contribution in [0.2, 0.25) is 0 Å². The Labute approximate surface area is 162 Å². The number of benzene rings is 3. The van der Waals surface area contributed by atoms with Gasteiger partial charge in [0.15, 0.2) is 0 Å². The van der Waals surface area contributed by atoms with Crippen LogP contribution < -0.4 is 4.74 Å². The van der Waals surface area contributed by atoms with Crippen LogP contribution in [0.3, 0.4) is 0 Å². The van der Waals surface area contributed by atoms with E-state index in [4.69, 9.17) is 9.72 Å². The minimum absolute atomic E-state index is 0.792. The molecule has 4 nitrogen and oxygen atoms in total. The fraction of sp³-hybridized carbons (Fsp3) is 0. The third-order valence-electron chi connectivity index (χ3n) is 4.59. The lowest BCUT2D eigenvalue weighted by atomic mass is 10.1. The SMILES string of the molecule is c1ccc(Oc2ccc(-c3nc(-c4ccccc4)c4cnccn34)cc2)cc1. The molecule has 2 heterocycles. The lowest BCUT2D eigenvalue weighted by molar-refractivity contribution is 0.483. The van der Waals surface area contributed by atoms with E-state index >= 15 is 0 Å². The van der Waals surface area contributed by atoms with Crippen LogP contribution in [0.1, 0.15) is 0 Å². The Morgan fingerprint density at radius 2 is 1.36 bits per heavy atom. The van der Waals surface area contributed by atoms with Gasteiger partial charge in [-0.25, -0.2) is 4.98 Å². The highest BCUT2D eigenvalue weighted by molar-refractivity contribution is 5.80. The molecular weight excluding hydrogens is 346 g/mol. The Hall–Kier alpha value is -3.92. The lowest BCUT2D eigenvalue weighted by Gasteiger charge is -2.06. The maximum atomic E-state index is 5.89. The van der Waals surface area contributed by atoms with E-state index in [0.29, 0.717) is 0 Å². The molecule has 5 aromatic rings. The van der Waals surface area contributed by atoms with E-state index in [1.54, 1.807) is 6.20 Å². The molecule has 0 aliphatic carbocycles. The Morgan fingerprint density at radius 3 is 2.11 bits per heavy atom. The normalized spacial score (nSPS) is 10.9. The average molecular weight is 363 g/mol. The molecule has 0 spiro atoms. The van der Waals surface area contributed by atoms with Crippen molar-refractivity contribution in [2.45, 2.75) is 0 Å². The number of para-hydroxylation sites is 1. The van der Waals surface area contributed by atoms with Gasteiger partial charge in [0.25, 0.3) is 0 Å². The second-order valence-electron chi connectivity index (χ2n) is 6.42. The molecule has 3 aromatic carbocycles. The highest BCUT2D eigenvalue weighted by atomic mass is 16.5. The summed E-state index contributed by atoms with van der Waals surface area (Å²) in [7, 11) is 0. The molecule has 2 aromatic heterocycles. The van der Waals surface area contributed by atoms with Crippen molar-refractivity contribution in [3.8, 4) is 34.1 Å². The third-order valence-corrected chi connectivity index (χ3v) is 4.59. The van der Waals surface area contributed by atoms with Gasteiger partial charge in [-0.15, -0.1) is 0 Å². The average Bonchev–Trinajstić information content (AvgIpc) is 3.15. The number of hydrogen-bond donors (Lipinski definition) is 0. The number of nitrogens with zero attached hydrogens (tertiary/aromatic N) is 3. The molecule has 0 aliphatic heterocycles. The van der Waals surface area contributed by atoms with Gasteiger partial charge in [-0.2, -0.15) is 0 Å². The van der Waals surface area contributed by atoms with E-state index in [2.05, 4.69) is 21.5 Å². The Bertz CT molecular complexity index is 1210. The maximum absolute atomic E-state index is 5.89. The van der Waals surface area contributed by atoms with Crippen molar-refractivity contribution in [3.05, 3.63) is 104 Å². The van der Waals surface area contributed by atoms with E-state index in [1.807, 2.05) is 85.2 Å². The van der Waals surface area contributed by atoms with Crippen LogP contribution in [0.5, 0.6) is 11.5 Å². The first-order valence-electron chi connectivity index (χ1n) is 9.09. The molecule has 0 radical (unpaired) electrons. The number of ether oxygens (including phenoxy) is 1. The first-order chi connectivity index (χ1) is 13.9. The van der Waals surface area contributed by atoms with E-state index in [0.717, 1.165) is 39.7 Å². The van der Waals surface area contributed by atoms with Gasteiger partial charge in [0.1, 0.15) is 17.3 Å². The van der Waals surface area contributed by atoms with Crippen molar-refractivity contribution >= 4 is 5.52 Å². The maximum Gasteiger partial charge on any atom is 0.145 e. The minimum Gasteiger partial charge on any atom is -0.457 e. The Balaban J connectivity index is 1.54. The van der Waals surface area contributed by atoms with Crippen molar-refractivity contribution in [2.75, 3.05) is 0 Å². The largest absolute Gasteiger partial charge is 0.457 e. The summed E-state index contributed by atoms with van der Waals surface area (Å²) in [5, 5.41) is 0. The number of hydrogen-bond acceptors (Lipinski definition) is 3. The molecule has 0 atom stereocenters. The zero-order valence-corrected chi connectivity index (χ0v) is 15.1. The molecule has 0 aliphatic rings. The summed E-state index contributed by atoms with van der Waals surface area (Å²) in [4.78, 5) is 9.21. The molecule has 0 amide bonds. The fourth-order valence-corrected chi connectivity index (χ4v) is 3.25. The predicted octanol–water partition coefficient (Wildman–Crippen LogP) is 5.86. The molecule has 0 unspecified atom stereocenters. The number of rotatable bonds is 4. The van der Waals surface area contributed by atoms with Crippen molar-refractivity contribution in [1.29, 1.82) is 0 Å². The molecule has 0 saturated heterocycles. The monoisotopic (exact) mass is 363 g/mol. The van der Waals surface area contributed by atoms with Crippen LogP contribution in [-0.2, 0) is 0 Å². The second kappa shape index (κ2) is 7.00. The van der Waals surface area contributed by atoms with E-state index < -0.39 is 0 Å². The number of fused-ring (bicyclic) bond motifs is 1. The van der Waals surface area contributed by atoms with Gasteiger partial charge in [-0.1, -0.05) is 48.5 Å². The topological polar surface area (TPSA) is 39.4 Å². The van der Waals surface area contributed by atoms with Crippen molar-refractivity contribution in [1.82, 2.24) is 14.4 Å². The van der Waals surface area contributed by atoms with Crippen molar-refractivity contribution < 1.29 is 4.74 Å². The molecule has 0 fully saturated rings. The number of imidazole rings is 1. The summed E-state index contributed by atoms with van der Waals surface area (Å²) in [6.45, 7) is 0. The summed E-state index contributed by atoms with van der Waals surface area (Å²) in [5.41, 5.74) is 3.99. The predicted molar refractivity (Wildman–Crippen MR) is 110 cm³/mol. The molecule has 134 valence electrons. The van der Waals surface area contributed by atoms with Crippen LogP contribution in [-0.4, -0.2) is 14.4 Å². The van der Waals surface area contributed by atoms with Crippen LogP contribution in [0.15, 0.2) is 104 Å². The molecule has 0 saturated carbocycles. The summed E-state index contributed by atoms with van der Waals surface area (Å²) >= 11 is 0. The van der Waals surface area contributed by atoms with Crippen LogP contribution in [0.4, 0.5) is 0 Å². The molecular formula is C24H17N3O. The molecule has 28 heavy (non-hydrogen) atoms. The summed E-state index contributed by atoms with van der Waals surface area (Å²) in [6.07, 6.45) is 5.57. The number of aromatic nitrogens is 3. The highest BCUT2D eigenvalue weighted by Crippen LogP contribution is 2.30. The van der Waals surface area contributed by atoms with E-state index in [1.165, 1.54) is 0 Å². The molecule has 5 rings (SSSR count). The minimum atomic E-state index is 0.792. The van der Waals surface area contributed by atoms with Gasteiger partial charge >= 0.3 is 0 Å². The lowest BCUT2D eigenvalue weighted by Crippen LogP contribution is -1.90. The fourth-order valence-electron chi connectivity index (χ4n) is 3.25. The second-order valence-corrected chi connectivity index (χ2v) is 6.42. The van der Waals surface area contributed by atoms with Gasteiger partial charge in [-0.3, -0.25) is 9.38 Å². The van der Waals surface area contributed by atoms with Gasteiger partial charge < -0.3 is 4.74 Å². The smallest absolute Gasteiger partial charge is 0.145 e. The quantitative estimate of drug-likeness (QED) is 0.402. The van der Waals surface area contributed by atoms with Crippen molar-refractivity contribution in [2.24, 2.45) is 0 Å². The van der Waals surface area contributed by atoms with Gasteiger partial charge in [0, 0.05) is 23.5 Å². The van der Waals surface area contributed by atoms with E-state index in [9.17, 15) is 0 Å². The van der Waals surface area contributed by atoms with Crippen LogP contribution >= 0.6 is 0 Å². The first kappa shape index (κ1) is 16.3. The zero-order chi connectivity index (χ0) is 18.8. The third kappa shape index (κ3) is 3.01. The van der Waals surface area contributed by atoms with E-state index in [-0.39, 0.29) is 0 Å². The van der Waals surface area contributed by atoms with Crippen LogP contribution in [0, 0.1) is 0 Å². The van der Waals surface area contributed by atoms with Crippen molar-refractivity contribution in [3.63, 3.8) is 0 Å². The molecule has 0 N–H and O–H groups in total. The zero-order valence-electron chi connectivity index (χ0n) is 15.1. The summed E-state index contributed by atoms with van der Waals surface area (Å²) < 4.78 is 7.97. The molecule has 4 heteroatoms. The molecule has 0 bridgehead atoms. The van der Waals surface area contributed by atoms with Gasteiger partial charge in [-0.05, 0) is 36.4 Å². The van der Waals surface area contributed by atoms with Gasteiger partial charge in [0.2, 0.25) is 0 Å². The summed E-state index contributed by atoms with van der Waals surface area (Å²) in [5.74, 6) is 2.49. The highest BCUT2D eigenvalue weighted by Gasteiger charge is 2.14. The van der Waals surface area contributed by atoms with Crippen LogP contribution in [0.25, 0.3) is 28.2 Å². The Morgan fingerprint density at radius 1 is 0.679 bits per heavy atom. The first-order valence-corrected chi connectivity index (χ1v) is 9.09. The standard InChI is InChI=1S/C24H17N3O/c1-3-7-18(8-4-1)23-22-17-25-15-16-27(22)24(26-23)19-11-13-21(14-12-19)28-20-9-5-2-6-10-20/h1-17H.